The lowest BCUT2D eigenvalue weighted by molar-refractivity contribution is -0.136. The molecule has 0 N–H and O–H groups in total. The maximum Gasteiger partial charge on any atom is 0.254 e. The second kappa shape index (κ2) is 11.0. The molecular weight excluding hydrogens is 463 g/mol. The lowest BCUT2D eigenvalue weighted by Gasteiger charge is -2.38. The Hall–Kier alpha value is -3.19. The monoisotopic (exact) mass is 494 g/mol. The zero-order chi connectivity index (χ0) is 24.9. The number of carbonyl (C=O) groups excluding carboxylic acids is 2. The van der Waals surface area contributed by atoms with Gasteiger partial charge in [0.05, 0.1) is 6.04 Å². The van der Waals surface area contributed by atoms with E-state index < -0.39 is 5.82 Å². The fourth-order valence-corrected chi connectivity index (χ4v) is 5.39. The van der Waals surface area contributed by atoms with Gasteiger partial charge in [0.15, 0.2) is 11.6 Å². The predicted molar refractivity (Wildman–Crippen MR) is 136 cm³/mol. The van der Waals surface area contributed by atoms with E-state index in [4.69, 9.17) is 4.74 Å². The van der Waals surface area contributed by atoms with Crippen LogP contribution in [0.3, 0.4) is 0 Å². The van der Waals surface area contributed by atoms with Crippen LogP contribution in [0.1, 0.15) is 52.7 Å². The van der Waals surface area contributed by atoms with Crippen LogP contribution in [0.15, 0.2) is 60.0 Å². The third-order valence-electron chi connectivity index (χ3n) is 6.71. The molecule has 0 saturated carbocycles. The first kappa shape index (κ1) is 24.9. The van der Waals surface area contributed by atoms with E-state index in [2.05, 4.69) is 0 Å². The first-order valence-corrected chi connectivity index (χ1v) is 12.9. The molecule has 5 nitrogen and oxygen atoms in total. The van der Waals surface area contributed by atoms with Gasteiger partial charge in [-0.15, -0.1) is 11.3 Å². The molecule has 0 bridgehead atoms. The Morgan fingerprint density at radius 2 is 1.91 bits per heavy atom. The number of rotatable bonds is 8. The Morgan fingerprint density at radius 3 is 2.66 bits per heavy atom. The largest absolute Gasteiger partial charge is 0.488 e. The number of nitrogens with zero attached hydrogens (tertiary/aromatic N) is 2. The Morgan fingerprint density at radius 1 is 1.17 bits per heavy atom. The van der Waals surface area contributed by atoms with Gasteiger partial charge in [0.25, 0.3) is 5.91 Å². The van der Waals surface area contributed by atoms with Crippen molar-refractivity contribution in [2.45, 2.75) is 45.7 Å². The summed E-state index contributed by atoms with van der Waals surface area (Å²) >= 11 is 1.66. The zero-order valence-corrected chi connectivity index (χ0v) is 21.2. The van der Waals surface area contributed by atoms with E-state index in [-0.39, 0.29) is 42.8 Å². The standard InChI is InChI=1S/C28H31FN2O3S/c1-4-20(3)31(28(33)21-10-6-5-9-19(21)2)17-27(32)30-15-13-26-22(14-16-35-26)24(30)18-34-25-12-8-7-11-23(25)29/h5-12,14,16,20,24H,4,13,15,17-18H2,1-3H3/t20-,24-/m0/s1. The Kier molecular flexibility index (Phi) is 7.86. The van der Waals surface area contributed by atoms with Crippen LogP contribution in [0.4, 0.5) is 4.39 Å². The smallest absolute Gasteiger partial charge is 0.254 e. The van der Waals surface area contributed by atoms with E-state index in [1.807, 2.05) is 50.4 Å². The van der Waals surface area contributed by atoms with Crippen LogP contribution in [-0.2, 0) is 11.2 Å². The lowest BCUT2D eigenvalue weighted by atomic mass is 10.00. The van der Waals surface area contributed by atoms with Gasteiger partial charge < -0.3 is 14.5 Å². The first-order valence-electron chi connectivity index (χ1n) is 12.0. The molecule has 2 amide bonds. The molecule has 0 radical (unpaired) electrons. The summed E-state index contributed by atoms with van der Waals surface area (Å²) in [6.07, 6.45) is 1.49. The molecule has 1 aliphatic rings. The van der Waals surface area contributed by atoms with Crippen molar-refractivity contribution in [3.05, 3.63) is 87.4 Å². The molecule has 7 heteroatoms. The third-order valence-corrected chi connectivity index (χ3v) is 7.71. The molecule has 2 heterocycles. The number of fused-ring (bicyclic) bond motifs is 1. The van der Waals surface area contributed by atoms with Crippen molar-refractivity contribution < 1.29 is 18.7 Å². The van der Waals surface area contributed by atoms with Crippen LogP contribution in [0.2, 0.25) is 0 Å². The Bertz CT molecular complexity index is 1190. The second-order valence-corrected chi connectivity index (χ2v) is 9.90. The average Bonchev–Trinajstić information content (AvgIpc) is 3.35. The normalized spacial score (nSPS) is 15.9. The van der Waals surface area contributed by atoms with E-state index in [0.29, 0.717) is 12.1 Å². The van der Waals surface area contributed by atoms with Crippen LogP contribution in [0.5, 0.6) is 5.75 Å². The van der Waals surface area contributed by atoms with Crippen molar-refractivity contribution in [1.29, 1.82) is 0 Å². The number of halogens is 1. The zero-order valence-electron chi connectivity index (χ0n) is 20.4. The van der Waals surface area contributed by atoms with Crippen molar-refractivity contribution in [3.8, 4) is 5.75 Å². The number of aryl methyl sites for hydroxylation is 1. The summed E-state index contributed by atoms with van der Waals surface area (Å²) in [4.78, 5) is 31.8. The van der Waals surface area contributed by atoms with Crippen molar-refractivity contribution in [2.75, 3.05) is 19.7 Å². The minimum Gasteiger partial charge on any atom is -0.488 e. The van der Waals surface area contributed by atoms with E-state index in [9.17, 15) is 14.0 Å². The molecule has 0 spiro atoms. The van der Waals surface area contributed by atoms with Gasteiger partial charge >= 0.3 is 0 Å². The summed E-state index contributed by atoms with van der Waals surface area (Å²) in [6.45, 7) is 6.54. The summed E-state index contributed by atoms with van der Waals surface area (Å²) in [6, 6.07) is 15.3. The van der Waals surface area contributed by atoms with Crippen molar-refractivity contribution in [1.82, 2.24) is 9.80 Å². The maximum atomic E-state index is 14.2. The van der Waals surface area contributed by atoms with Gasteiger partial charge in [-0.1, -0.05) is 37.3 Å². The number of hydrogen-bond donors (Lipinski definition) is 0. The van der Waals surface area contributed by atoms with Gasteiger partial charge in [0.2, 0.25) is 5.91 Å². The Labute approximate surface area is 210 Å². The van der Waals surface area contributed by atoms with Gasteiger partial charge in [-0.05, 0) is 67.5 Å². The molecule has 1 aromatic heterocycles. The highest BCUT2D eigenvalue weighted by Gasteiger charge is 2.34. The van der Waals surface area contributed by atoms with E-state index >= 15 is 0 Å². The first-order chi connectivity index (χ1) is 16.9. The summed E-state index contributed by atoms with van der Waals surface area (Å²) < 4.78 is 20.0. The molecule has 1 aliphatic heterocycles. The summed E-state index contributed by atoms with van der Waals surface area (Å²) in [5, 5.41) is 2.02. The minimum absolute atomic E-state index is 0.0160. The number of carbonyl (C=O) groups is 2. The predicted octanol–water partition coefficient (Wildman–Crippen LogP) is 5.64. The van der Waals surface area contributed by atoms with Crippen molar-refractivity contribution in [3.63, 3.8) is 0 Å². The van der Waals surface area contributed by atoms with Gasteiger partial charge in [0, 0.05) is 23.0 Å². The number of amides is 2. The highest BCUT2D eigenvalue weighted by molar-refractivity contribution is 7.10. The molecule has 0 saturated heterocycles. The highest BCUT2D eigenvalue weighted by atomic mass is 32.1. The van der Waals surface area contributed by atoms with Gasteiger partial charge in [-0.3, -0.25) is 9.59 Å². The van der Waals surface area contributed by atoms with Crippen LogP contribution >= 0.6 is 11.3 Å². The molecule has 35 heavy (non-hydrogen) atoms. The molecule has 0 unspecified atom stereocenters. The molecule has 3 aromatic rings. The molecule has 2 atom stereocenters. The quantitative estimate of drug-likeness (QED) is 0.407. The number of thiophene rings is 1. The third kappa shape index (κ3) is 5.40. The number of ether oxygens (including phenoxy) is 1. The highest BCUT2D eigenvalue weighted by Crippen LogP contribution is 2.34. The number of para-hydroxylation sites is 1. The fourth-order valence-electron chi connectivity index (χ4n) is 4.46. The molecule has 184 valence electrons. The van der Waals surface area contributed by atoms with Gasteiger partial charge in [-0.25, -0.2) is 4.39 Å². The van der Waals surface area contributed by atoms with Crippen molar-refractivity contribution >= 4 is 23.2 Å². The second-order valence-electron chi connectivity index (χ2n) is 8.90. The molecule has 0 aliphatic carbocycles. The number of benzene rings is 2. The lowest BCUT2D eigenvalue weighted by Crippen LogP contribution is -2.50. The van der Waals surface area contributed by atoms with Crippen LogP contribution < -0.4 is 4.74 Å². The summed E-state index contributed by atoms with van der Waals surface area (Å²) in [7, 11) is 0. The van der Waals surface area contributed by atoms with Gasteiger partial charge in [0.1, 0.15) is 13.2 Å². The molecule has 0 fully saturated rings. The van der Waals surface area contributed by atoms with E-state index in [0.717, 1.165) is 24.0 Å². The average molecular weight is 495 g/mol. The van der Waals surface area contributed by atoms with Crippen molar-refractivity contribution in [2.24, 2.45) is 0 Å². The van der Waals surface area contributed by atoms with Crippen LogP contribution in [0.25, 0.3) is 0 Å². The van der Waals surface area contributed by atoms with Crippen LogP contribution in [0, 0.1) is 12.7 Å². The Balaban J connectivity index is 1.57. The molecule has 2 aromatic carbocycles. The number of hydrogen-bond acceptors (Lipinski definition) is 4. The summed E-state index contributed by atoms with van der Waals surface area (Å²) in [5.74, 6) is -0.541. The van der Waals surface area contributed by atoms with E-state index in [1.165, 1.54) is 10.9 Å². The SMILES string of the molecule is CC[C@H](C)N(CC(=O)N1CCc2sccc2[C@@H]1COc1ccccc1F)C(=O)c1ccccc1C. The summed E-state index contributed by atoms with van der Waals surface area (Å²) in [5.41, 5.74) is 2.53. The topological polar surface area (TPSA) is 49.9 Å². The molecular formula is C28H31FN2O3S. The van der Waals surface area contributed by atoms with Gasteiger partial charge in [-0.2, -0.15) is 0 Å². The minimum atomic E-state index is -0.432. The maximum absolute atomic E-state index is 14.2. The molecule has 4 rings (SSSR count). The van der Waals surface area contributed by atoms with Crippen LogP contribution in [-0.4, -0.2) is 47.4 Å². The van der Waals surface area contributed by atoms with E-state index in [1.54, 1.807) is 45.4 Å². The fraction of sp³-hybridized carbons (Fsp3) is 0.357.